The summed E-state index contributed by atoms with van der Waals surface area (Å²) in [4.78, 5) is 11.3. The first kappa shape index (κ1) is 21.8. The van der Waals surface area contributed by atoms with Gasteiger partial charge in [0.15, 0.2) is 0 Å². The van der Waals surface area contributed by atoms with Crippen molar-refractivity contribution < 1.29 is 27.3 Å². The van der Waals surface area contributed by atoms with Crippen LogP contribution < -0.4 is 5.32 Å². The Labute approximate surface area is 162 Å². The Hall–Kier alpha value is -1.51. The van der Waals surface area contributed by atoms with E-state index >= 15 is 0 Å². The van der Waals surface area contributed by atoms with E-state index in [1.54, 1.807) is 0 Å². The number of alkyl halides is 3. The molecule has 1 aliphatic heterocycles. The summed E-state index contributed by atoms with van der Waals surface area (Å²) in [6.07, 6.45) is -3.02. The van der Waals surface area contributed by atoms with Gasteiger partial charge in [-0.2, -0.15) is 13.2 Å². The predicted octanol–water partition coefficient (Wildman–Crippen LogP) is 4.51. The van der Waals surface area contributed by atoms with E-state index in [4.69, 9.17) is 20.9 Å². The molecule has 0 saturated carbocycles. The zero-order chi connectivity index (χ0) is 20.6. The molecule has 2 rings (SSSR count). The van der Waals surface area contributed by atoms with Gasteiger partial charge in [-0.15, -0.1) is 0 Å². The zero-order valence-corrected chi connectivity index (χ0v) is 16.6. The molecule has 1 aliphatic rings. The first-order chi connectivity index (χ1) is 12.2. The Kier molecular flexibility index (Phi) is 6.04. The van der Waals surface area contributed by atoms with E-state index in [9.17, 15) is 18.0 Å². The number of hydrogen-bond donors (Lipinski definition) is 1. The minimum atomic E-state index is -4.52. The first-order valence-corrected chi connectivity index (χ1v) is 8.77. The van der Waals surface area contributed by atoms with Crippen molar-refractivity contribution in [2.24, 2.45) is 0 Å². The van der Waals surface area contributed by atoms with Gasteiger partial charge in [-0.1, -0.05) is 17.7 Å². The van der Waals surface area contributed by atoms with E-state index in [1.165, 1.54) is 19.1 Å². The van der Waals surface area contributed by atoms with E-state index < -0.39 is 30.1 Å². The highest BCUT2D eigenvalue weighted by molar-refractivity contribution is 6.56. The van der Waals surface area contributed by atoms with Crippen molar-refractivity contribution in [3.63, 3.8) is 0 Å². The van der Waals surface area contributed by atoms with Crippen LogP contribution in [0.2, 0.25) is 5.02 Å². The fourth-order valence-corrected chi connectivity index (χ4v) is 2.74. The monoisotopic (exact) mass is 403 g/mol. The van der Waals surface area contributed by atoms with Gasteiger partial charge in [0.2, 0.25) is 5.91 Å². The second-order valence-corrected chi connectivity index (χ2v) is 7.92. The summed E-state index contributed by atoms with van der Waals surface area (Å²) < 4.78 is 51.1. The molecule has 0 atom stereocenters. The van der Waals surface area contributed by atoms with Crippen molar-refractivity contribution in [2.45, 2.75) is 52.0 Å². The molecule has 27 heavy (non-hydrogen) atoms. The molecular weight excluding hydrogens is 381 g/mol. The van der Waals surface area contributed by atoms with Gasteiger partial charge >= 0.3 is 13.3 Å². The molecular formula is C18H22BClF3NO3. The average molecular weight is 404 g/mol. The summed E-state index contributed by atoms with van der Waals surface area (Å²) in [7, 11) is -0.810. The smallest absolute Gasteiger partial charge is 0.400 e. The molecule has 0 unspecified atom stereocenters. The lowest BCUT2D eigenvalue weighted by atomic mass is 9.77. The minimum Gasteiger partial charge on any atom is -0.400 e. The number of hydrogen-bond acceptors (Lipinski definition) is 3. The van der Waals surface area contributed by atoms with Crippen LogP contribution in [0.4, 0.5) is 13.2 Å². The summed E-state index contributed by atoms with van der Waals surface area (Å²) in [5.41, 5.74) is -1.38. The van der Waals surface area contributed by atoms with Crippen LogP contribution in [0.5, 0.6) is 0 Å². The summed E-state index contributed by atoms with van der Waals surface area (Å²) in [6, 6.07) is 3.27. The molecule has 1 fully saturated rings. The third kappa shape index (κ3) is 5.27. The Balaban J connectivity index is 2.43. The highest BCUT2D eigenvalue weighted by Crippen LogP contribution is 2.39. The molecule has 4 nitrogen and oxygen atoms in total. The van der Waals surface area contributed by atoms with Gasteiger partial charge in [0.1, 0.15) is 0 Å². The highest BCUT2D eigenvalue weighted by Gasteiger charge is 2.52. The van der Waals surface area contributed by atoms with E-state index in [1.807, 2.05) is 27.7 Å². The molecule has 0 spiro atoms. The summed E-state index contributed by atoms with van der Waals surface area (Å²) >= 11 is 5.86. The van der Waals surface area contributed by atoms with Gasteiger partial charge in [-0.05, 0) is 56.9 Å². The van der Waals surface area contributed by atoms with Crippen LogP contribution in [-0.4, -0.2) is 30.8 Å². The Morgan fingerprint density at radius 2 is 1.74 bits per heavy atom. The standard InChI is InChI=1S/C18H22BClF3NO3/c1-11(25)24-10-14(19-26-16(2,3)17(4,5)27-19)7-12-6-13(18(21,22)23)9-15(20)8-12/h6-9H,10H2,1-5H3,(H,24,25). The molecule has 1 saturated heterocycles. The number of carbonyl (C=O) groups is 1. The van der Waals surface area contributed by atoms with Gasteiger partial charge < -0.3 is 14.6 Å². The zero-order valence-electron chi connectivity index (χ0n) is 15.8. The molecule has 148 valence electrons. The minimum absolute atomic E-state index is 0.0381. The van der Waals surface area contributed by atoms with Gasteiger partial charge in [0, 0.05) is 18.5 Å². The van der Waals surface area contributed by atoms with Crippen LogP contribution in [0.15, 0.2) is 23.7 Å². The topological polar surface area (TPSA) is 47.6 Å². The van der Waals surface area contributed by atoms with Crippen LogP contribution in [-0.2, 0) is 20.3 Å². The largest absolute Gasteiger partial charge is 0.492 e. The van der Waals surface area contributed by atoms with Crippen LogP contribution in [0.25, 0.3) is 6.08 Å². The fourth-order valence-electron chi connectivity index (χ4n) is 2.50. The van der Waals surface area contributed by atoms with Crippen LogP contribution in [0.3, 0.4) is 0 Å². The lowest BCUT2D eigenvalue weighted by molar-refractivity contribution is -0.137. The van der Waals surface area contributed by atoms with Crippen LogP contribution in [0, 0.1) is 0 Å². The molecule has 1 aromatic rings. The molecule has 0 radical (unpaired) electrons. The maximum atomic E-state index is 13.1. The van der Waals surface area contributed by atoms with E-state index in [0.717, 1.165) is 12.1 Å². The second kappa shape index (κ2) is 7.49. The fraction of sp³-hybridized carbons (Fsp3) is 0.500. The molecule has 0 bridgehead atoms. The Bertz CT molecular complexity index is 747. The molecule has 1 amide bonds. The maximum absolute atomic E-state index is 13.1. The summed E-state index contributed by atoms with van der Waals surface area (Å²) in [5.74, 6) is -0.278. The first-order valence-electron chi connectivity index (χ1n) is 8.39. The van der Waals surface area contributed by atoms with Crippen molar-refractivity contribution in [3.8, 4) is 0 Å². The molecule has 0 aliphatic carbocycles. The van der Waals surface area contributed by atoms with Gasteiger partial charge in [0.25, 0.3) is 0 Å². The maximum Gasteiger partial charge on any atom is 0.492 e. The average Bonchev–Trinajstić information content (AvgIpc) is 2.70. The quantitative estimate of drug-likeness (QED) is 0.753. The molecule has 9 heteroatoms. The number of benzene rings is 1. The van der Waals surface area contributed by atoms with Crippen molar-refractivity contribution in [2.75, 3.05) is 6.54 Å². The molecule has 1 N–H and O–H groups in total. The van der Waals surface area contributed by atoms with E-state index in [2.05, 4.69) is 5.32 Å². The number of nitrogens with one attached hydrogen (secondary N) is 1. The summed E-state index contributed by atoms with van der Waals surface area (Å²) in [5, 5.41) is 2.60. The van der Waals surface area contributed by atoms with Crippen molar-refractivity contribution in [3.05, 3.63) is 39.8 Å². The van der Waals surface area contributed by atoms with Gasteiger partial charge in [-0.25, -0.2) is 0 Å². The predicted molar refractivity (Wildman–Crippen MR) is 99.2 cm³/mol. The van der Waals surface area contributed by atoms with E-state index in [-0.39, 0.29) is 23.0 Å². The van der Waals surface area contributed by atoms with Crippen molar-refractivity contribution in [1.82, 2.24) is 5.32 Å². The van der Waals surface area contributed by atoms with Gasteiger partial charge in [0.05, 0.1) is 16.8 Å². The van der Waals surface area contributed by atoms with Crippen molar-refractivity contribution >= 4 is 30.7 Å². The number of amides is 1. The van der Waals surface area contributed by atoms with Crippen LogP contribution in [0.1, 0.15) is 45.7 Å². The SMILES string of the molecule is CC(=O)NCC(=Cc1cc(Cl)cc(C(F)(F)F)c1)B1OC(C)(C)C(C)(C)O1. The number of halogens is 4. The third-order valence-electron chi connectivity index (χ3n) is 4.70. The molecule has 1 aromatic carbocycles. The van der Waals surface area contributed by atoms with Gasteiger partial charge in [-0.3, -0.25) is 4.79 Å². The van der Waals surface area contributed by atoms with Crippen LogP contribution >= 0.6 is 11.6 Å². The Morgan fingerprint density at radius 1 is 1.19 bits per heavy atom. The number of carbonyl (C=O) groups excluding carboxylic acids is 1. The second-order valence-electron chi connectivity index (χ2n) is 7.49. The molecule has 1 heterocycles. The van der Waals surface area contributed by atoms with Crippen molar-refractivity contribution in [1.29, 1.82) is 0 Å². The lowest BCUT2D eigenvalue weighted by Gasteiger charge is -2.32. The molecule has 0 aromatic heterocycles. The normalized spacial score (nSPS) is 19.3. The summed E-state index contributed by atoms with van der Waals surface area (Å²) in [6.45, 7) is 8.88. The van der Waals surface area contributed by atoms with E-state index in [0.29, 0.717) is 5.47 Å². The Morgan fingerprint density at radius 3 is 2.22 bits per heavy atom. The number of rotatable bonds is 4. The highest BCUT2D eigenvalue weighted by atomic mass is 35.5. The third-order valence-corrected chi connectivity index (χ3v) is 4.92. The lowest BCUT2D eigenvalue weighted by Crippen LogP contribution is -2.41.